The fraction of sp³-hybridized carbons (Fsp3) is 0.583. The summed E-state index contributed by atoms with van der Waals surface area (Å²) in [6.45, 7) is 1.88. The molecule has 0 aliphatic rings. The molecule has 0 fully saturated rings. The molecule has 0 aromatic rings. The largest absolute Gasteiger partial charge is 0.288 e. The van der Waals surface area contributed by atoms with Gasteiger partial charge in [-0.1, -0.05) is 19.1 Å². The molecule has 0 aromatic heterocycles. The molecule has 0 amide bonds. The number of hydrogen-bond donors (Lipinski definition) is 1. The molecule has 17 heavy (non-hydrogen) atoms. The number of nitrogens with zero attached hydrogens (tertiary/aromatic N) is 1. The van der Waals surface area contributed by atoms with Gasteiger partial charge in [0.05, 0.1) is 11.3 Å². The Morgan fingerprint density at radius 2 is 2.06 bits per heavy atom. The van der Waals surface area contributed by atoms with Crippen LogP contribution >= 0.6 is 12.6 Å². The Morgan fingerprint density at radius 3 is 2.59 bits per heavy atom. The molecule has 0 saturated heterocycles. The molecule has 4 nitrogen and oxygen atoms in total. The Bertz CT molecular complexity index is 311. The first-order valence-electron chi connectivity index (χ1n) is 5.78. The maximum absolute atomic E-state index is 10.6. The predicted molar refractivity (Wildman–Crippen MR) is 71.6 cm³/mol. The zero-order valence-corrected chi connectivity index (χ0v) is 11.0. The van der Waals surface area contributed by atoms with E-state index in [4.69, 9.17) is 0 Å². The van der Waals surface area contributed by atoms with Crippen LogP contribution in [0.3, 0.4) is 0 Å². The number of hydrogen-bond acceptors (Lipinski definition) is 3. The lowest BCUT2D eigenvalue weighted by Gasteiger charge is -1.95. The highest BCUT2D eigenvalue weighted by Gasteiger charge is 2.05. The van der Waals surface area contributed by atoms with E-state index in [1.807, 2.05) is 19.1 Å². The van der Waals surface area contributed by atoms with E-state index in [-0.39, 0.29) is 15.7 Å². The van der Waals surface area contributed by atoms with Crippen molar-refractivity contribution < 1.29 is 9.72 Å². The van der Waals surface area contributed by atoms with Crippen LogP contribution < -0.4 is 0 Å². The average Bonchev–Trinajstić information content (AvgIpc) is 2.25. The van der Waals surface area contributed by atoms with E-state index in [9.17, 15) is 14.9 Å². The average molecular weight is 257 g/mol. The van der Waals surface area contributed by atoms with Gasteiger partial charge in [-0.2, -0.15) is 0 Å². The summed E-state index contributed by atoms with van der Waals surface area (Å²) in [6, 6.07) is 0. The van der Waals surface area contributed by atoms with Gasteiger partial charge in [-0.05, 0) is 31.8 Å². The molecule has 0 atom stereocenters. The molecule has 0 bridgehead atoms. The molecule has 0 unspecified atom stereocenters. The highest BCUT2D eigenvalue weighted by atomic mass is 32.1. The van der Waals surface area contributed by atoms with Crippen molar-refractivity contribution in [3.63, 3.8) is 0 Å². The van der Waals surface area contributed by atoms with E-state index in [0.29, 0.717) is 19.3 Å². The first-order valence-corrected chi connectivity index (χ1v) is 6.22. The minimum Gasteiger partial charge on any atom is -0.288 e. The molecule has 0 heterocycles. The molecule has 96 valence electrons. The predicted octanol–water partition coefficient (Wildman–Crippen LogP) is 3.52. The summed E-state index contributed by atoms with van der Waals surface area (Å²) in [4.78, 5) is 20.8. The van der Waals surface area contributed by atoms with Gasteiger partial charge in [-0.25, -0.2) is 0 Å². The van der Waals surface area contributed by atoms with Crippen LogP contribution in [-0.2, 0) is 4.79 Å². The summed E-state index contributed by atoms with van der Waals surface area (Å²) in [5.74, 6) is 0. The molecule has 0 radical (unpaired) electrons. The highest BCUT2D eigenvalue weighted by Crippen LogP contribution is 2.07. The standard InChI is InChI=1S/C12H19NO3S/c1-2-8-11(13(15)16)9-6-4-3-5-7-10-12(14)17/h4,6,8H,2-3,5,7,9-10H2,1H3,(H,14,17)/b6-4+,11-8+. The number of carbonyl (C=O) groups excluding carboxylic acids is 1. The fourth-order valence-corrected chi connectivity index (χ4v) is 1.49. The van der Waals surface area contributed by atoms with Crippen molar-refractivity contribution in [2.75, 3.05) is 0 Å². The molecule has 0 saturated carbocycles. The SMILES string of the molecule is CC/C=C(\C/C=C/CCCCC(=O)S)[N+](=O)[O-]. The van der Waals surface area contributed by atoms with Gasteiger partial charge >= 0.3 is 0 Å². The molecular formula is C12H19NO3S. The normalized spacial score (nSPS) is 12.0. The Hall–Kier alpha value is -1.10. The van der Waals surface area contributed by atoms with Gasteiger partial charge in [0.1, 0.15) is 0 Å². The van der Waals surface area contributed by atoms with Gasteiger partial charge in [0.25, 0.3) is 0 Å². The van der Waals surface area contributed by atoms with E-state index in [1.165, 1.54) is 0 Å². The Labute approximate surface area is 107 Å². The second kappa shape index (κ2) is 10.1. The van der Waals surface area contributed by atoms with Gasteiger partial charge in [-0.3, -0.25) is 14.9 Å². The van der Waals surface area contributed by atoms with Gasteiger partial charge in [0.15, 0.2) is 5.12 Å². The fourth-order valence-electron chi connectivity index (χ4n) is 1.33. The third-order valence-electron chi connectivity index (χ3n) is 2.18. The van der Waals surface area contributed by atoms with Crippen LogP contribution in [0.25, 0.3) is 0 Å². The lowest BCUT2D eigenvalue weighted by atomic mass is 10.2. The van der Waals surface area contributed by atoms with Crippen LogP contribution in [0.1, 0.15) is 45.4 Å². The van der Waals surface area contributed by atoms with Crippen LogP contribution in [0.2, 0.25) is 0 Å². The van der Waals surface area contributed by atoms with Crippen molar-refractivity contribution in [3.05, 3.63) is 34.0 Å². The first-order chi connectivity index (χ1) is 8.07. The van der Waals surface area contributed by atoms with Crippen LogP contribution in [-0.4, -0.2) is 10.0 Å². The van der Waals surface area contributed by atoms with Crippen LogP contribution in [0.5, 0.6) is 0 Å². The Morgan fingerprint density at radius 1 is 1.35 bits per heavy atom. The summed E-state index contributed by atoms with van der Waals surface area (Å²) in [5, 5.41) is 10.5. The maximum atomic E-state index is 10.6. The Kier molecular flexibility index (Phi) is 9.43. The van der Waals surface area contributed by atoms with E-state index in [1.54, 1.807) is 6.08 Å². The minimum absolute atomic E-state index is 0.0875. The lowest BCUT2D eigenvalue weighted by molar-refractivity contribution is -0.427. The summed E-state index contributed by atoms with van der Waals surface area (Å²) < 4.78 is 0. The van der Waals surface area contributed by atoms with E-state index < -0.39 is 0 Å². The molecule has 0 aliphatic carbocycles. The van der Waals surface area contributed by atoms with Crippen molar-refractivity contribution in [3.8, 4) is 0 Å². The lowest BCUT2D eigenvalue weighted by Crippen LogP contribution is -1.96. The van der Waals surface area contributed by atoms with Crippen LogP contribution in [0.15, 0.2) is 23.9 Å². The number of thiol groups is 1. The maximum Gasteiger partial charge on any atom is 0.246 e. The molecule has 0 spiro atoms. The number of unbranched alkanes of at least 4 members (excludes halogenated alkanes) is 2. The van der Waals surface area contributed by atoms with Gasteiger partial charge in [0.2, 0.25) is 5.70 Å². The zero-order valence-electron chi connectivity index (χ0n) is 10.1. The molecule has 0 rings (SSSR count). The number of carbonyl (C=O) groups is 1. The zero-order chi connectivity index (χ0) is 13.1. The van der Waals surface area contributed by atoms with Crippen LogP contribution in [0, 0.1) is 10.1 Å². The first kappa shape index (κ1) is 15.9. The van der Waals surface area contributed by atoms with E-state index >= 15 is 0 Å². The third kappa shape index (κ3) is 9.81. The highest BCUT2D eigenvalue weighted by molar-refractivity contribution is 7.96. The summed E-state index contributed by atoms with van der Waals surface area (Å²) >= 11 is 3.67. The minimum atomic E-state index is -0.340. The second-order valence-electron chi connectivity index (χ2n) is 3.68. The number of allylic oxidation sites excluding steroid dienone is 3. The third-order valence-corrected chi connectivity index (χ3v) is 2.40. The molecular weight excluding hydrogens is 238 g/mol. The van der Waals surface area contributed by atoms with Gasteiger partial charge < -0.3 is 0 Å². The second-order valence-corrected chi connectivity index (χ2v) is 4.17. The van der Waals surface area contributed by atoms with Gasteiger partial charge in [-0.15, -0.1) is 12.6 Å². The van der Waals surface area contributed by atoms with Crippen molar-refractivity contribution in [2.45, 2.75) is 45.4 Å². The molecule has 5 heteroatoms. The smallest absolute Gasteiger partial charge is 0.246 e. The van der Waals surface area contributed by atoms with Crippen molar-refractivity contribution in [1.29, 1.82) is 0 Å². The number of nitro groups is 1. The van der Waals surface area contributed by atoms with Crippen molar-refractivity contribution in [1.82, 2.24) is 0 Å². The quantitative estimate of drug-likeness (QED) is 0.226. The summed E-state index contributed by atoms with van der Waals surface area (Å²) in [6.07, 6.45) is 9.48. The van der Waals surface area contributed by atoms with E-state index in [0.717, 1.165) is 19.3 Å². The Balaban J connectivity index is 3.75. The number of rotatable bonds is 9. The van der Waals surface area contributed by atoms with Gasteiger partial charge in [0, 0.05) is 6.42 Å². The van der Waals surface area contributed by atoms with Crippen molar-refractivity contribution in [2.24, 2.45) is 0 Å². The summed E-state index contributed by atoms with van der Waals surface area (Å²) in [7, 11) is 0. The summed E-state index contributed by atoms with van der Waals surface area (Å²) in [5.41, 5.74) is 0.245. The van der Waals surface area contributed by atoms with Crippen LogP contribution in [0.4, 0.5) is 0 Å². The molecule has 0 N–H and O–H groups in total. The molecule has 0 aliphatic heterocycles. The topological polar surface area (TPSA) is 60.2 Å². The monoisotopic (exact) mass is 257 g/mol. The van der Waals surface area contributed by atoms with Crippen molar-refractivity contribution >= 4 is 17.7 Å². The molecule has 0 aromatic carbocycles. The van der Waals surface area contributed by atoms with E-state index in [2.05, 4.69) is 12.6 Å².